The Bertz CT molecular complexity index is 605. The van der Waals surface area contributed by atoms with E-state index in [2.05, 4.69) is 25.2 Å². The Hall–Kier alpha value is -1.80. The lowest BCUT2D eigenvalue weighted by Crippen LogP contribution is -2.14. The number of hydrogen-bond acceptors (Lipinski definition) is 1. The first-order chi connectivity index (χ1) is 10.1. The van der Waals surface area contributed by atoms with Crippen molar-refractivity contribution in [3.05, 3.63) is 64.7 Å². The highest BCUT2D eigenvalue weighted by Crippen LogP contribution is 2.23. The van der Waals surface area contributed by atoms with E-state index in [9.17, 15) is 4.79 Å². The number of aryl methyl sites for hydroxylation is 1. The average Bonchev–Trinajstić information content (AvgIpc) is 2.47. The van der Waals surface area contributed by atoms with Crippen LogP contribution in [0.5, 0.6) is 0 Å². The molecule has 110 valence electrons. The maximum atomic E-state index is 12.1. The summed E-state index contributed by atoms with van der Waals surface area (Å²) in [5.41, 5.74) is 3.19. The van der Waals surface area contributed by atoms with Crippen LogP contribution in [0.2, 0.25) is 5.02 Å². The summed E-state index contributed by atoms with van der Waals surface area (Å²) in [5.74, 6) is 0.427. The molecular weight excluding hydrogens is 282 g/mol. The molecule has 2 aromatic carbocycles. The second kappa shape index (κ2) is 7.28. The Morgan fingerprint density at radius 3 is 2.43 bits per heavy atom. The van der Waals surface area contributed by atoms with E-state index in [1.165, 1.54) is 0 Å². The van der Waals surface area contributed by atoms with Gasteiger partial charge in [-0.1, -0.05) is 55.8 Å². The quantitative estimate of drug-likeness (QED) is 0.824. The van der Waals surface area contributed by atoms with Crippen LogP contribution >= 0.6 is 11.6 Å². The van der Waals surface area contributed by atoms with Gasteiger partial charge in [0.1, 0.15) is 0 Å². The molecule has 0 saturated carbocycles. The van der Waals surface area contributed by atoms with Gasteiger partial charge in [-0.15, -0.1) is 0 Å². The summed E-state index contributed by atoms with van der Waals surface area (Å²) in [6, 6.07) is 15.6. The van der Waals surface area contributed by atoms with Crippen molar-refractivity contribution in [1.29, 1.82) is 0 Å². The third kappa shape index (κ3) is 4.61. The van der Waals surface area contributed by atoms with Crippen LogP contribution in [0.4, 0.5) is 5.69 Å². The van der Waals surface area contributed by atoms with Gasteiger partial charge < -0.3 is 5.32 Å². The van der Waals surface area contributed by atoms with Gasteiger partial charge in [0, 0.05) is 17.1 Å². The van der Waals surface area contributed by atoms with Crippen LogP contribution < -0.4 is 5.32 Å². The molecule has 1 N–H and O–H groups in total. The van der Waals surface area contributed by atoms with Crippen LogP contribution in [0.1, 0.15) is 37.3 Å². The molecular formula is C18H20ClNO. The molecule has 0 bridgehead atoms. The summed E-state index contributed by atoms with van der Waals surface area (Å²) in [5, 5.41) is 3.73. The van der Waals surface area contributed by atoms with Gasteiger partial charge in [-0.05, 0) is 41.7 Å². The van der Waals surface area contributed by atoms with Crippen LogP contribution in [0.25, 0.3) is 0 Å². The molecule has 1 amide bonds. The Labute approximate surface area is 131 Å². The van der Waals surface area contributed by atoms with Crippen LogP contribution in [0, 0.1) is 0 Å². The highest BCUT2D eigenvalue weighted by Gasteiger charge is 2.09. The molecule has 0 aliphatic heterocycles. The summed E-state index contributed by atoms with van der Waals surface area (Å²) in [7, 11) is 0. The second-order valence-electron chi connectivity index (χ2n) is 5.42. The van der Waals surface area contributed by atoms with Gasteiger partial charge in [0.2, 0.25) is 5.91 Å². The van der Waals surface area contributed by atoms with Crippen molar-refractivity contribution in [2.45, 2.75) is 32.6 Å². The number of carbonyl (C=O) groups excluding carboxylic acids is 1. The molecule has 0 atom stereocenters. The number of benzene rings is 2. The second-order valence-corrected chi connectivity index (χ2v) is 5.85. The maximum Gasteiger partial charge on any atom is 0.224 e. The molecule has 2 aromatic rings. The van der Waals surface area contributed by atoms with Gasteiger partial charge in [0.15, 0.2) is 0 Å². The minimum absolute atomic E-state index is 0.0399. The molecule has 0 aliphatic rings. The van der Waals surface area contributed by atoms with Crippen LogP contribution in [0.3, 0.4) is 0 Å². The minimum Gasteiger partial charge on any atom is -0.326 e. The number of halogens is 1. The van der Waals surface area contributed by atoms with E-state index in [1.807, 2.05) is 42.5 Å². The lowest BCUT2D eigenvalue weighted by Gasteiger charge is -2.13. The van der Waals surface area contributed by atoms with E-state index in [0.29, 0.717) is 23.8 Å². The largest absolute Gasteiger partial charge is 0.326 e. The molecule has 2 nitrogen and oxygen atoms in total. The first-order valence-corrected chi connectivity index (χ1v) is 7.57. The third-order valence-corrected chi connectivity index (χ3v) is 3.66. The molecule has 0 radical (unpaired) electrons. The lowest BCUT2D eigenvalue weighted by molar-refractivity contribution is -0.116. The van der Waals surface area contributed by atoms with Crippen molar-refractivity contribution in [1.82, 2.24) is 0 Å². The zero-order valence-electron chi connectivity index (χ0n) is 12.4. The van der Waals surface area contributed by atoms with Crippen molar-refractivity contribution in [3.8, 4) is 0 Å². The standard InChI is InChI=1S/C18H20ClNO/c1-13(2)16-5-3-4-6-17(16)20-18(21)12-9-14-7-10-15(19)11-8-14/h3-8,10-11,13H,9,12H2,1-2H3,(H,20,21). The van der Waals surface area contributed by atoms with E-state index in [-0.39, 0.29) is 5.91 Å². The molecule has 3 heteroatoms. The Balaban J connectivity index is 1.94. The zero-order valence-corrected chi connectivity index (χ0v) is 13.2. The molecule has 0 aliphatic carbocycles. The highest BCUT2D eigenvalue weighted by molar-refractivity contribution is 6.30. The molecule has 0 saturated heterocycles. The number of rotatable bonds is 5. The Morgan fingerprint density at radius 2 is 1.76 bits per heavy atom. The third-order valence-electron chi connectivity index (χ3n) is 3.41. The molecule has 0 spiro atoms. The molecule has 21 heavy (non-hydrogen) atoms. The normalized spacial score (nSPS) is 10.7. The predicted octanol–water partition coefficient (Wildman–Crippen LogP) is 5.03. The fraction of sp³-hybridized carbons (Fsp3) is 0.278. The smallest absolute Gasteiger partial charge is 0.224 e. The first-order valence-electron chi connectivity index (χ1n) is 7.19. The fourth-order valence-electron chi connectivity index (χ4n) is 2.24. The summed E-state index contributed by atoms with van der Waals surface area (Å²) >= 11 is 5.85. The Morgan fingerprint density at radius 1 is 1.10 bits per heavy atom. The van der Waals surface area contributed by atoms with E-state index in [1.54, 1.807) is 0 Å². The van der Waals surface area contributed by atoms with Gasteiger partial charge >= 0.3 is 0 Å². The average molecular weight is 302 g/mol. The molecule has 0 unspecified atom stereocenters. The molecule has 0 aromatic heterocycles. The fourth-order valence-corrected chi connectivity index (χ4v) is 2.36. The molecule has 0 fully saturated rings. The highest BCUT2D eigenvalue weighted by atomic mass is 35.5. The minimum atomic E-state index is 0.0399. The predicted molar refractivity (Wildman–Crippen MR) is 88.9 cm³/mol. The number of amides is 1. The maximum absolute atomic E-state index is 12.1. The summed E-state index contributed by atoms with van der Waals surface area (Å²) in [6.07, 6.45) is 1.18. The van der Waals surface area contributed by atoms with Crippen molar-refractivity contribution >= 4 is 23.2 Å². The van der Waals surface area contributed by atoms with Crippen molar-refractivity contribution in [2.24, 2.45) is 0 Å². The topological polar surface area (TPSA) is 29.1 Å². The van der Waals surface area contributed by atoms with Crippen LogP contribution in [0.15, 0.2) is 48.5 Å². The van der Waals surface area contributed by atoms with Crippen molar-refractivity contribution in [3.63, 3.8) is 0 Å². The van der Waals surface area contributed by atoms with Crippen molar-refractivity contribution in [2.75, 3.05) is 5.32 Å². The summed E-state index contributed by atoms with van der Waals surface area (Å²) in [4.78, 5) is 12.1. The SMILES string of the molecule is CC(C)c1ccccc1NC(=O)CCc1ccc(Cl)cc1. The van der Waals surface area contributed by atoms with Gasteiger partial charge in [0.05, 0.1) is 0 Å². The number of anilines is 1. The van der Waals surface area contributed by atoms with Crippen LogP contribution in [-0.4, -0.2) is 5.91 Å². The summed E-state index contributed by atoms with van der Waals surface area (Å²) < 4.78 is 0. The zero-order chi connectivity index (χ0) is 15.2. The van der Waals surface area contributed by atoms with E-state index < -0.39 is 0 Å². The van der Waals surface area contributed by atoms with E-state index >= 15 is 0 Å². The van der Waals surface area contributed by atoms with Crippen molar-refractivity contribution < 1.29 is 4.79 Å². The number of hydrogen-bond donors (Lipinski definition) is 1. The number of nitrogens with one attached hydrogen (secondary N) is 1. The monoisotopic (exact) mass is 301 g/mol. The van der Waals surface area contributed by atoms with Gasteiger partial charge in [-0.3, -0.25) is 4.79 Å². The molecule has 2 rings (SSSR count). The van der Waals surface area contributed by atoms with Gasteiger partial charge in [0.25, 0.3) is 0 Å². The number of para-hydroxylation sites is 1. The van der Waals surface area contributed by atoms with Crippen LogP contribution in [-0.2, 0) is 11.2 Å². The van der Waals surface area contributed by atoms with E-state index in [4.69, 9.17) is 11.6 Å². The molecule has 0 heterocycles. The van der Waals surface area contributed by atoms with E-state index in [0.717, 1.165) is 16.8 Å². The number of carbonyl (C=O) groups is 1. The van der Waals surface area contributed by atoms with Gasteiger partial charge in [-0.25, -0.2) is 0 Å². The lowest BCUT2D eigenvalue weighted by atomic mass is 10.0. The Kier molecular flexibility index (Phi) is 5.40. The first kappa shape index (κ1) is 15.6. The van der Waals surface area contributed by atoms with Gasteiger partial charge in [-0.2, -0.15) is 0 Å². The summed E-state index contributed by atoms with van der Waals surface area (Å²) in [6.45, 7) is 4.25.